The first-order valence-electron chi connectivity index (χ1n) is 17.6. The van der Waals surface area contributed by atoms with Crippen LogP contribution in [0.1, 0.15) is 84.6 Å². The van der Waals surface area contributed by atoms with Crippen molar-refractivity contribution in [1.82, 2.24) is 19.9 Å². The maximum absolute atomic E-state index is 12.6. The monoisotopic (exact) mass is 738 g/mol. The van der Waals surface area contributed by atoms with Crippen molar-refractivity contribution < 1.29 is 19.1 Å². The van der Waals surface area contributed by atoms with Gasteiger partial charge in [0.15, 0.2) is 0 Å². The Kier molecular flexibility index (Phi) is 11.4. The zero-order valence-electron chi connectivity index (χ0n) is 30.6. The van der Waals surface area contributed by atoms with Gasteiger partial charge in [0.1, 0.15) is 0 Å². The van der Waals surface area contributed by atoms with Gasteiger partial charge in [-0.25, -0.2) is 9.97 Å². The van der Waals surface area contributed by atoms with E-state index in [1.54, 1.807) is 0 Å². The summed E-state index contributed by atoms with van der Waals surface area (Å²) in [5.41, 5.74) is 16.9. The molecule has 0 spiro atoms. The Morgan fingerprint density at radius 1 is 0.635 bits per heavy atom. The number of aromatic nitrogens is 4. The predicted molar refractivity (Wildman–Crippen MR) is 212 cm³/mol. The Hall–Kier alpha value is -4.66. The topological polar surface area (TPSA) is 110 Å². The number of aromatic amines is 2. The smallest absolute Gasteiger partial charge is 0.305 e. The first kappa shape index (κ1) is 37.1. The highest BCUT2D eigenvalue weighted by atomic mass is 35.5. The quantitative estimate of drug-likeness (QED) is 0.117. The fourth-order valence-corrected chi connectivity index (χ4v) is 7.68. The van der Waals surface area contributed by atoms with E-state index in [1.807, 2.05) is 18.2 Å². The van der Waals surface area contributed by atoms with Crippen LogP contribution in [-0.4, -0.2) is 57.9 Å². The minimum absolute atomic E-state index is 0.190. The second-order valence-electron chi connectivity index (χ2n) is 13.2. The van der Waals surface area contributed by atoms with Gasteiger partial charge in [0.2, 0.25) is 0 Å². The summed E-state index contributed by atoms with van der Waals surface area (Å²) >= 11 is 12.8. The molecule has 6 rings (SSSR count). The summed E-state index contributed by atoms with van der Waals surface area (Å²) in [6.45, 7) is 8.35. The SMILES string of the molecule is COC(=O)CCC1=C(C)c2cc3[nH]c(cc4[nH]c(cc5nc(c(-c6ccccc6)c1n2)C(CCC(=O)OC)=C5C)c(CCCl)c4C)c(C)c3CCCl. The lowest BCUT2D eigenvalue weighted by atomic mass is 9.90. The predicted octanol–water partition coefficient (Wildman–Crippen LogP) is 9.93. The molecule has 270 valence electrons. The molecule has 2 aliphatic rings. The maximum atomic E-state index is 12.6. The molecule has 0 unspecified atom stereocenters. The molecule has 8 bridgehead atoms. The van der Waals surface area contributed by atoms with Crippen molar-refractivity contribution in [3.63, 3.8) is 0 Å². The fourth-order valence-electron chi connectivity index (χ4n) is 7.31. The highest BCUT2D eigenvalue weighted by molar-refractivity contribution is 6.18. The van der Waals surface area contributed by atoms with Gasteiger partial charge in [-0.1, -0.05) is 30.3 Å². The van der Waals surface area contributed by atoms with E-state index >= 15 is 0 Å². The van der Waals surface area contributed by atoms with Gasteiger partial charge < -0.3 is 19.4 Å². The van der Waals surface area contributed by atoms with Crippen LogP contribution in [0.3, 0.4) is 0 Å². The normalized spacial score (nSPS) is 12.8. The number of allylic oxidation sites excluding steroid dienone is 4. The van der Waals surface area contributed by atoms with Crippen LogP contribution in [-0.2, 0) is 31.9 Å². The average molecular weight is 740 g/mol. The van der Waals surface area contributed by atoms with Crippen molar-refractivity contribution >= 4 is 79.5 Å². The van der Waals surface area contributed by atoms with Crippen molar-refractivity contribution in [3.8, 4) is 11.1 Å². The van der Waals surface area contributed by atoms with Crippen LogP contribution < -0.4 is 0 Å². The summed E-state index contributed by atoms with van der Waals surface area (Å²) in [5.74, 6) is 0.333. The van der Waals surface area contributed by atoms with E-state index in [0.29, 0.717) is 37.4 Å². The molecule has 8 nitrogen and oxygen atoms in total. The van der Waals surface area contributed by atoms with E-state index in [9.17, 15) is 9.59 Å². The lowest BCUT2D eigenvalue weighted by molar-refractivity contribution is -0.141. The number of halogens is 2. The molecule has 0 amide bonds. The fraction of sp³-hybridized carbons (Fsp3) is 0.333. The number of esters is 2. The van der Waals surface area contributed by atoms with Gasteiger partial charge in [0.25, 0.3) is 0 Å². The number of nitrogens with one attached hydrogen (secondary N) is 2. The first-order valence-corrected chi connectivity index (χ1v) is 18.6. The number of ether oxygens (including phenoxy) is 2. The number of hydrogen-bond donors (Lipinski definition) is 2. The summed E-state index contributed by atoms with van der Waals surface area (Å²) in [6, 6.07) is 16.4. The lowest BCUT2D eigenvalue weighted by Crippen LogP contribution is -2.02. The van der Waals surface area contributed by atoms with E-state index in [-0.39, 0.29) is 24.8 Å². The Balaban J connectivity index is 1.83. The Bertz CT molecular complexity index is 2140. The van der Waals surface area contributed by atoms with E-state index in [1.165, 1.54) is 14.2 Å². The molecule has 0 atom stereocenters. The first-order chi connectivity index (χ1) is 25.1. The molecule has 10 heteroatoms. The molecule has 4 aromatic rings. The van der Waals surface area contributed by atoms with Gasteiger partial charge >= 0.3 is 11.9 Å². The highest BCUT2D eigenvalue weighted by Crippen LogP contribution is 2.44. The van der Waals surface area contributed by atoms with Crippen LogP contribution in [0, 0.1) is 13.8 Å². The number of fused-ring (bicyclic) bond motifs is 8. The van der Waals surface area contributed by atoms with Crippen LogP contribution in [0.2, 0.25) is 0 Å². The zero-order chi connectivity index (χ0) is 37.1. The Labute approximate surface area is 314 Å². The summed E-state index contributed by atoms with van der Waals surface area (Å²) in [4.78, 5) is 43.3. The third-order valence-electron chi connectivity index (χ3n) is 10.3. The number of hydrogen-bond acceptors (Lipinski definition) is 6. The second kappa shape index (κ2) is 15.9. The summed E-state index contributed by atoms with van der Waals surface area (Å²) in [6.07, 6.45) is 2.57. The third-order valence-corrected chi connectivity index (χ3v) is 10.7. The maximum Gasteiger partial charge on any atom is 0.305 e. The number of alkyl halides is 2. The molecule has 0 saturated heterocycles. The van der Waals surface area contributed by atoms with Crippen LogP contribution in [0.15, 0.2) is 48.5 Å². The van der Waals surface area contributed by atoms with Crippen molar-refractivity contribution in [2.75, 3.05) is 26.0 Å². The molecular weight excluding hydrogens is 695 g/mol. The lowest BCUT2D eigenvalue weighted by Gasteiger charge is -2.13. The average Bonchev–Trinajstić information content (AvgIpc) is 3.81. The van der Waals surface area contributed by atoms with E-state index in [2.05, 4.69) is 68.0 Å². The number of nitrogens with zero attached hydrogens (tertiary/aromatic N) is 2. The molecule has 3 aromatic heterocycles. The number of rotatable bonds is 11. The van der Waals surface area contributed by atoms with Gasteiger partial charge in [-0.2, -0.15) is 0 Å². The van der Waals surface area contributed by atoms with Crippen LogP contribution >= 0.6 is 23.2 Å². The molecule has 0 saturated carbocycles. The molecule has 2 aliphatic heterocycles. The molecule has 0 radical (unpaired) electrons. The van der Waals surface area contributed by atoms with Crippen molar-refractivity contribution in [1.29, 1.82) is 0 Å². The number of carbonyl (C=O) groups excluding carboxylic acids is 2. The summed E-state index contributed by atoms with van der Waals surface area (Å²) < 4.78 is 10.1. The van der Waals surface area contributed by atoms with Gasteiger partial charge in [0.05, 0.1) is 37.0 Å². The summed E-state index contributed by atoms with van der Waals surface area (Å²) in [5, 5.41) is 0. The van der Waals surface area contributed by atoms with Crippen LogP contribution in [0.25, 0.3) is 55.5 Å². The van der Waals surface area contributed by atoms with Crippen LogP contribution in [0.5, 0.6) is 0 Å². The van der Waals surface area contributed by atoms with Crippen LogP contribution in [0.4, 0.5) is 0 Å². The van der Waals surface area contributed by atoms with Gasteiger partial charge in [-0.3, -0.25) is 9.59 Å². The molecule has 0 aliphatic carbocycles. The van der Waals surface area contributed by atoms with Gasteiger partial charge in [-0.15, -0.1) is 23.2 Å². The largest absolute Gasteiger partial charge is 0.469 e. The Morgan fingerprint density at radius 3 is 1.48 bits per heavy atom. The van der Waals surface area contributed by atoms with Crippen molar-refractivity contribution in [2.24, 2.45) is 0 Å². The molecule has 2 N–H and O–H groups in total. The molecular formula is C42H44Cl2N4O4. The number of benzene rings is 1. The second-order valence-corrected chi connectivity index (χ2v) is 14.0. The van der Waals surface area contributed by atoms with Crippen molar-refractivity contribution in [3.05, 3.63) is 93.6 Å². The highest BCUT2D eigenvalue weighted by Gasteiger charge is 2.28. The number of methoxy groups -OCH3 is 2. The number of carbonyl (C=O) groups is 2. The van der Waals surface area contributed by atoms with E-state index in [0.717, 1.165) is 101 Å². The molecule has 0 fully saturated rings. The standard InChI is InChI=1S/C42H44Cl2N4O4/c1-23-28(16-18-43)36-21-34-25(3)30(12-14-38(49)51-5)41(47-34)40(27-10-8-7-9-11-27)42-31(13-15-39(50)52-6)26(4)35(48-42)22-37-29(17-19-44)24(2)33(46-37)20-32(23)45-36/h7-11,20-22,45-46H,12-19H2,1-6H3. The summed E-state index contributed by atoms with van der Waals surface area (Å²) in [7, 11) is 2.81. The molecule has 1 aromatic carbocycles. The molecule has 5 heterocycles. The molecule has 52 heavy (non-hydrogen) atoms. The van der Waals surface area contributed by atoms with E-state index < -0.39 is 0 Å². The zero-order valence-corrected chi connectivity index (χ0v) is 32.1. The van der Waals surface area contributed by atoms with E-state index in [4.69, 9.17) is 42.6 Å². The Morgan fingerprint density at radius 2 is 1.08 bits per heavy atom. The minimum Gasteiger partial charge on any atom is -0.469 e. The van der Waals surface area contributed by atoms with Gasteiger partial charge in [0, 0.05) is 52.2 Å². The number of H-pyrrole nitrogens is 2. The third kappa shape index (κ3) is 7.19. The van der Waals surface area contributed by atoms with Crippen molar-refractivity contribution in [2.45, 2.75) is 66.2 Å². The number of aryl methyl sites for hydroxylation is 4. The van der Waals surface area contributed by atoms with Gasteiger partial charge in [-0.05, 0) is 122 Å². The minimum atomic E-state index is -0.299.